The Morgan fingerprint density at radius 3 is 1.67 bits per heavy atom. The van der Waals surface area contributed by atoms with E-state index in [1.54, 1.807) is 0 Å². The lowest BCUT2D eigenvalue weighted by Gasteiger charge is -2.41. The average Bonchev–Trinajstić information content (AvgIpc) is 3.36. The van der Waals surface area contributed by atoms with Gasteiger partial charge in [-0.1, -0.05) is 135 Å². The molecule has 0 amide bonds. The lowest BCUT2D eigenvalue weighted by Crippen LogP contribution is -2.59. The molecule has 0 spiro atoms. The molecule has 0 N–H and O–H groups in total. The summed E-state index contributed by atoms with van der Waals surface area (Å²) in [6, 6.07) is 0. The zero-order valence-electron chi connectivity index (χ0n) is 29.6. The monoisotopic (exact) mass is 640 g/mol. The second-order valence-corrected chi connectivity index (χ2v) is 13.6. The summed E-state index contributed by atoms with van der Waals surface area (Å²) in [6.07, 6.45) is 24.6. The van der Waals surface area contributed by atoms with Gasteiger partial charge in [0.2, 0.25) is 0 Å². The summed E-state index contributed by atoms with van der Waals surface area (Å²) in [5, 5.41) is 3.63. The van der Waals surface area contributed by atoms with Crippen molar-refractivity contribution in [2.75, 3.05) is 33.0 Å². The number of fused-ring (bicyclic) bond motifs is 1. The molecule has 0 saturated carbocycles. The van der Waals surface area contributed by atoms with E-state index in [1.807, 2.05) is 13.8 Å². The van der Waals surface area contributed by atoms with E-state index >= 15 is 0 Å². The molecular formula is C36H69N3O6. The Bertz CT molecular complexity index is 750. The second-order valence-electron chi connectivity index (χ2n) is 13.6. The van der Waals surface area contributed by atoms with Crippen LogP contribution in [0.3, 0.4) is 0 Å². The van der Waals surface area contributed by atoms with E-state index in [4.69, 9.17) is 34.0 Å². The van der Waals surface area contributed by atoms with E-state index in [0.29, 0.717) is 39.4 Å². The van der Waals surface area contributed by atoms with Crippen molar-refractivity contribution < 1.29 is 28.4 Å². The lowest BCUT2D eigenvalue weighted by molar-refractivity contribution is -0.293. The number of ether oxygens (including phenoxy) is 6. The first-order chi connectivity index (χ1) is 22.0. The molecule has 2 aliphatic heterocycles. The first kappa shape index (κ1) is 40.2. The van der Waals surface area contributed by atoms with Crippen LogP contribution in [0.2, 0.25) is 0 Å². The van der Waals surface area contributed by atoms with Crippen LogP contribution in [-0.4, -0.2) is 69.5 Å². The molecule has 9 nitrogen and oxygen atoms in total. The quantitative estimate of drug-likeness (QED) is 0.0335. The molecule has 0 unspecified atom stereocenters. The predicted octanol–water partition coefficient (Wildman–Crippen LogP) is 10.2. The second kappa shape index (κ2) is 26.1. The Hall–Kier alpha value is -0.930. The molecule has 0 bridgehead atoms. The number of unbranched alkanes of at least 4 members (excludes halogenated alkanes) is 18. The molecule has 264 valence electrons. The molecule has 2 saturated heterocycles. The van der Waals surface area contributed by atoms with Gasteiger partial charge in [0.25, 0.3) is 0 Å². The minimum atomic E-state index is -0.734. The molecule has 5 atom stereocenters. The Morgan fingerprint density at radius 1 is 0.622 bits per heavy atom. The van der Waals surface area contributed by atoms with E-state index < -0.39 is 18.2 Å². The molecule has 0 radical (unpaired) electrons. The molecule has 0 aromatic heterocycles. The van der Waals surface area contributed by atoms with Gasteiger partial charge in [-0.15, -0.1) is 0 Å². The summed E-state index contributed by atoms with van der Waals surface area (Å²) in [4.78, 5) is 2.84. The zero-order chi connectivity index (χ0) is 32.4. The minimum Gasteiger partial charge on any atom is -0.379 e. The summed E-state index contributed by atoms with van der Waals surface area (Å²) in [5.74, 6) is -0.734. The van der Waals surface area contributed by atoms with Gasteiger partial charge in [0.05, 0.1) is 6.61 Å². The van der Waals surface area contributed by atoms with Gasteiger partial charge in [0.1, 0.15) is 24.4 Å². The van der Waals surface area contributed by atoms with Crippen molar-refractivity contribution in [1.82, 2.24) is 0 Å². The van der Waals surface area contributed by atoms with Gasteiger partial charge < -0.3 is 28.4 Å². The van der Waals surface area contributed by atoms with Crippen molar-refractivity contribution in [3.8, 4) is 0 Å². The molecule has 45 heavy (non-hydrogen) atoms. The number of hydrogen-bond acceptors (Lipinski definition) is 7. The lowest BCUT2D eigenvalue weighted by atomic mass is 9.99. The van der Waals surface area contributed by atoms with Crippen LogP contribution in [0.25, 0.3) is 10.4 Å². The van der Waals surface area contributed by atoms with Crippen molar-refractivity contribution in [2.24, 2.45) is 5.11 Å². The molecular weight excluding hydrogens is 570 g/mol. The van der Waals surface area contributed by atoms with E-state index in [9.17, 15) is 0 Å². The smallest absolute Gasteiger partial charge is 0.186 e. The van der Waals surface area contributed by atoms with Gasteiger partial charge in [-0.25, -0.2) is 0 Å². The standard InChI is InChI=1S/C36H69N3O6/c1-5-7-9-11-13-15-17-19-21-23-27-40-30-31-32-33(45-36(3,4)44-32)34(35(43-31)42-29-25-26-38-39-37)41-28-24-22-20-18-16-14-12-10-8-6-2/h31-35H,5-30H2,1-4H3/t31-,32+,33+,34-,35-/m1/s1. The van der Waals surface area contributed by atoms with Crippen molar-refractivity contribution in [1.29, 1.82) is 0 Å². The third kappa shape index (κ3) is 18.3. The number of rotatable bonds is 30. The number of azide groups is 1. The largest absolute Gasteiger partial charge is 0.379 e. The van der Waals surface area contributed by atoms with E-state index in [-0.39, 0.29) is 18.3 Å². The van der Waals surface area contributed by atoms with Crippen LogP contribution in [0.15, 0.2) is 5.11 Å². The maximum Gasteiger partial charge on any atom is 0.186 e. The maximum atomic E-state index is 8.61. The molecule has 2 rings (SSSR count). The molecule has 2 fully saturated rings. The van der Waals surface area contributed by atoms with Crippen molar-refractivity contribution >= 4 is 0 Å². The molecule has 9 heteroatoms. The first-order valence-electron chi connectivity index (χ1n) is 18.8. The maximum absolute atomic E-state index is 8.61. The molecule has 0 aliphatic carbocycles. The van der Waals surface area contributed by atoms with Gasteiger partial charge in [-0.2, -0.15) is 0 Å². The summed E-state index contributed by atoms with van der Waals surface area (Å²) >= 11 is 0. The number of nitrogens with zero attached hydrogens (tertiary/aromatic N) is 3. The van der Waals surface area contributed by atoms with Crippen LogP contribution in [0, 0.1) is 0 Å². The third-order valence-corrected chi connectivity index (χ3v) is 8.91. The van der Waals surface area contributed by atoms with Gasteiger partial charge in [0, 0.05) is 31.3 Å². The predicted molar refractivity (Wildman–Crippen MR) is 181 cm³/mol. The highest BCUT2D eigenvalue weighted by Crippen LogP contribution is 2.39. The highest BCUT2D eigenvalue weighted by molar-refractivity contribution is 4.97. The van der Waals surface area contributed by atoms with Crippen LogP contribution in [-0.2, 0) is 28.4 Å². The van der Waals surface area contributed by atoms with Crippen LogP contribution in [0.4, 0.5) is 0 Å². The third-order valence-electron chi connectivity index (χ3n) is 8.91. The van der Waals surface area contributed by atoms with E-state index in [1.165, 1.54) is 109 Å². The van der Waals surface area contributed by atoms with E-state index in [2.05, 4.69) is 23.9 Å². The van der Waals surface area contributed by atoms with Gasteiger partial charge >= 0.3 is 0 Å². The van der Waals surface area contributed by atoms with Gasteiger partial charge in [-0.05, 0) is 38.6 Å². The Morgan fingerprint density at radius 2 is 1.11 bits per heavy atom. The Balaban J connectivity index is 1.78. The fourth-order valence-electron chi connectivity index (χ4n) is 6.36. The average molecular weight is 640 g/mol. The summed E-state index contributed by atoms with van der Waals surface area (Å²) in [5.41, 5.74) is 8.61. The molecule has 2 aliphatic rings. The van der Waals surface area contributed by atoms with Crippen LogP contribution in [0.5, 0.6) is 0 Å². The summed E-state index contributed by atoms with van der Waals surface area (Å²) in [7, 11) is 0. The molecule has 0 aromatic rings. The zero-order valence-corrected chi connectivity index (χ0v) is 29.6. The summed E-state index contributed by atoms with van der Waals surface area (Å²) in [6.45, 7) is 11.0. The minimum absolute atomic E-state index is 0.284. The van der Waals surface area contributed by atoms with Crippen LogP contribution >= 0.6 is 0 Å². The SMILES string of the molecule is CCCCCCCCCCCCOC[C@H]1O[C@@H](OCCCN=[N+]=[N-])[C@H](OCCCCCCCCCCCC)[C@H]2OC(C)(C)O[C@H]21. The molecule has 0 aromatic carbocycles. The van der Waals surface area contributed by atoms with Gasteiger partial charge in [-0.3, -0.25) is 0 Å². The number of hydrogen-bond donors (Lipinski definition) is 0. The highest BCUT2D eigenvalue weighted by Gasteiger charge is 2.56. The topological polar surface area (TPSA) is 104 Å². The van der Waals surface area contributed by atoms with Gasteiger partial charge in [0.15, 0.2) is 12.1 Å². The van der Waals surface area contributed by atoms with E-state index in [0.717, 1.165) is 19.3 Å². The fraction of sp³-hybridized carbons (Fsp3) is 1.00. The normalized spacial score (nSPS) is 24.0. The Kier molecular flexibility index (Phi) is 23.3. The Labute approximate surface area is 275 Å². The highest BCUT2D eigenvalue weighted by atomic mass is 16.8. The summed E-state index contributed by atoms with van der Waals surface area (Å²) < 4.78 is 38.0. The van der Waals surface area contributed by atoms with Crippen molar-refractivity contribution in [2.45, 2.75) is 199 Å². The fourth-order valence-corrected chi connectivity index (χ4v) is 6.36. The van der Waals surface area contributed by atoms with Crippen molar-refractivity contribution in [3.05, 3.63) is 10.4 Å². The van der Waals surface area contributed by atoms with Crippen LogP contribution < -0.4 is 0 Å². The first-order valence-corrected chi connectivity index (χ1v) is 18.8. The van der Waals surface area contributed by atoms with Crippen molar-refractivity contribution in [3.63, 3.8) is 0 Å². The molecule has 2 heterocycles. The van der Waals surface area contributed by atoms with Crippen LogP contribution in [0.1, 0.15) is 163 Å².